The highest BCUT2D eigenvalue weighted by atomic mass is 16.5. The van der Waals surface area contributed by atoms with Crippen LogP contribution < -0.4 is 4.74 Å². The molecule has 0 fully saturated rings. The van der Waals surface area contributed by atoms with Crippen LogP contribution in [0.25, 0.3) is 32.6 Å². The third-order valence-electron chi connectivity index (χ3n) is 5.03. The minimum absolute atomic E-state index is 0.634. The molecular formula is C23H19N3O. The number of methoxy groups -OCH3 is 1. The average Bonchev–Trinajstić information content (AvgIpc) is 3.08. The smallest absolute Gasteiger partial charge is 0.188 e. The van der Waals surface area contributed by atoms with Gasteiger partial charge in [0.15, 0.2) is 5.69 Å². The molecule has 4 heteroatoms. The Hall–Kier alpha value is -3.58. The molecule has 27 heavy (non-hydrogen) atoms. The molecule has 0 spiro atoms. The Kier molecular flexibility index (Phi) is 4.13. The summed E-state index contributed by atoms with van der Waals surface area (Å²) in [5.74, 6) is 0.824. The number of hydrogen-bond acceptors (Lipinski definition) is 2. The number of pyridine rings is 1. The molecule has 4 aromatic rings. The fraction of sp³-hybridized carbons (Fsp3) is 0.130. The summed E-state index contributed by atoms with van der Waals surface area (Å²) in [4.78, 5) is 8.00. The fourth-order valence-electron chi connectivity index (χ4n) is 3.36. The van der Waals surface area contributed by atoms with Crippen molar-refractivity contribution in [1.82, 2.24) is 9.55 Å². The minimum atomic E-state index is 0.634. The van der Waals surface area contributed by atoms with Crippen molar-refractivity contribution in [2.24, 2.45) is 0 Å². The Balaban J connectivity index is 2.01. The van der Waals surface area contributed by atoms with E-state index >= 15 is 0 Å². The molecular weight excluding hydrogens is 334 g/mol. The lowest BCUT2D eigenvalue weighted by Gasteiger charge is -2.07. The predicted molar refractivity (Wildman–Crippen MR) is 109 cm³/mol. The molecule has 0 radical (unpaired) electrons. The van der Waals surface area contributed by atoms with Crippen LogP contribution in [0.3, 0.4) is 0 Å². The number of hydrogen-bond donors (Lipinski definition) is 0. The molecule has 0 aliphatic carbocycles. The summed E-state index contributed by atoms with van der Waals surface area (Å²) in [5.41, 5.74) is 7.26. The Bertz CT molecular complexity index is 1180. The van der Waals surface area contributed by atoms with Gasteiger partial charge in [-0.25, -0.2) is 4.85 Å². The van der Waals surface area contributed by atoms with Gasteiger partial charge in [-0.1, -0.05) is 6.07 Å². The molecule has 0 atom stereocenters. The largest absolute Gasteiger partial charge is 0.497 e. The highest BCUT2D eigenvalue weighted by Crippen LogP contribution is 2.36. The average molecular weight is 353 g/mol. The quantitative estimate of drug-likeness (QED) is 0.431. The zero-order chi connectivity index (χ0) is 19.0. The van der Waals surface area contributed by atoms with Crippen LogP contribution in [0.5, 0.6) is 5.75 Å². The van der Waals surface area contributed by atoms with E-state index in [2.05, 4.69) is 34.4 Å². The highest BCUT2D eigenvalue weighted by Gasteiger charge is 2.15. The van der Waals surface area contributed by atoms with Crippen molar-refractivity contribution >= 4 is 16.6 Å². The van der Waals surface area contributed by atoms with E-state index in [9.17, 15) is 0 Å². The normalized spacial score (nSPS) is 10.7. The number of nitrogens with zero attached hydrogens (tertiary/aromatic N) is 3. The monoisotopic (exact) mass is 353 g/mol. The lowest BCUT2D eigenvalue weighted by molar-refractivity contribution is 0.415. The Morgan fingerprint density at radius 3 is 2.48 bits per heavy atom. The number of ether oxygens (including phenoxy) is 1. The van der Waals surface area contributed by atoms with Crippen molar-refractivity contribution in [1.29, 1.82) is 0 Å². The van der Waals surface area contributed by atoms with E-state index in [0.717, 1.165) is 39.0 Å². The molecule has 4 rings (SSSR count). The first-order chi connectivity index (χ1) is 13.1. The fourth-order valence-corrected chi connectivity index (χ4v) is 3.36. The van der Waals surface area contributed by atoms with Gasteiger partial charge in [0.25, 0.3) is 0 Å². The van der Waals surface area contributed by atoms with Crippen LogP contribution in [0.15, 0.2) is 61.1 Å². The highest BCUT2D eigenvalue weighted by molar-refractivity contribution is 5.99. The van der Waals surface area contributed by atoms with E-state index in [0.29, 0.717) is 5.69 Å². The molecule has 0 saturated carbocycles. The summed E-state index contributed by atoms with van der Waals surface area (Å²) in [6.45, 7) is 11.6. The van der Waals surface area contributed by atoms with Gasteiger partial charge in [0.1, 0.15) is 5.75 Å². The summed E-state index contributed by atoms with van der Waals surface area (Å²) >= 11 is 0. The second kappa shape index (κ2) is 6.62. The van der Waals surface area contributed by atoms with Crippen molar-refractivity contribution in [3.63, 3.8) is 0 Å². The number of aromatic nitrogens is 2. The van der Waals surface area contributed by atoms with Gasteiger partial charge in [-0.2, -0.15) is 0 Å². The van der Waals surface area contributed by atoms with Gasteiger partial charge in [-0.05, 0) is 66.8 Å². The van der Waals surface area contributed by atoms with Crippen molar-refractivity contribution < 1.29 is 4.74 Å². The molecule has 0 bridgehead atoms. The maximum absolute atomic E-state index is 7.38. The molecule has 0 saturated heterocycles. The number of rotatable bonds is 3. The van der Waals surface area contributed by atoms with Crippen molar-refractivity contribution in [2.75, 3.05) is 7.11 Å². The number of aryl methyl sites for hydroxylation is 1. The van der Waals surface area contributed by atoms with E-state index in [1.165, 1.54) is 5.56 Å². The van der Waals surface area contributed by atoms with Crippen LogP contribution in [0.4, 0.5) is 5.69 Å². The van der Waals surface area contributed by atoms with E-state index in [1.54, 1.807) is 7.11 Å². The van der Waals surface area contributed by atoms with Gasteiger partial charge in [-0.3, -0.25) is 4.98 Å². The summed E-state index contributed by atoms with van der Waals surface area (Å²) in [7, 11) is 1.66. The molecule has 0 amide bonds. The Labute approximate surface area is 158 Å². The van der Waals surface area contributed by atoms with Crippen LogP contribution in [-0.2, 0) is 0 Å². The second-order valence-corrected chi connectivity index (χ2v) is 6.55. The first-order valence-electron chi connectivity index (χ1n) is 8.71. The van der Waals surface area contributed by atoms with E-state index in [4.69, 9.17) is 11.3 Å². The molecule has 0 aliphatic heterocycles. The van der Waals surface area contributed by atoms with Crippen molar-refractivity contribution in [3.05, 3.63) is 83.6 Å². The molecule has 2 heterocycles. The zero-order valence-corrected chi connectivity index (χ0v) is 15.5. The predicted octanol–water partition coefficient (Wildman–Crippen LogP) is 5.87. The van der Waals surface area contributed by atoms with Gasteiger partial charge in [0, 0.05) is 35.4 Å². The molecule has 4 nitrogen and oxygen atoms in total. The summed E-state index contributed by atoms with van der Waals surface area (Å²) in [6.07, 6.45) is 5.91. The lowest BCUT2D eigenvalue weighted by Crippen LogP contribution is -1.92. The van der Waals surface area contributed by atoms with E-state index in [-0.39, 0.29) is 0 Å². The topological polar surface area (TPSA) is 31.4 Å². The number of fused-ring (bicyclic) bond motifs is 1. The summed E-state index contributed by atoms with van der Waals surface area (Å²) < 4.78 is 7.43. The first-order valence-corrected chi connectivity index (χ1v) is 8.71. The zero-order valence-electron chi connectivity index (χ0n) is 15.5. The third-order valence-corrected chi connectivity index (χ3v) is 5.03. The molecule has 2 aromatic heterocycles. The van der Waals surface area contributed by atoms with Gasteiger partial charge in [0.2, 0.25) is 0 Å². The van der Waals surface area contributed by atoms with Crippen molar-refractivity contribution in [3.8, 4) is 22.6 Å². The van der Waals surface area contributed by atoms with Crippen LogP contribution in [-0.4, -0.2) is 16.7 Å². The molecule has 2 aromatic carbocycles. The maximum Gasteiger partial charge on any atom is 0.188 e. The van der Waals surface area contributed by atoms with Crippen LogP contribution in [0, 0.1) is 20.4 Å². The molecule has 0 unspecified atom stereocenters. The lowest BCUT2D eigenvalue weighted by atomic mass is 9.99. The molecule has 0 N–H and O–H groups in total. The van der Waals surface area contributed by atoms with Crippen LogP contribution in [0.1, 0.15) is 11.1 Å². The van der Waals surface area contributed by atoms with Gasteiger partial charge in [-0.15, -0.1) is 0 Å². The first kappa shape index (κ1) is 16.9. The van der Waals surface area contributed by atoms with E-state index < -0.39 is 0 Å². The Morgan fingerprint density at radius 1 is 1.00 bits per heavy atom. The van der Waals surface area contributed by atoms with E-state index in [1.807, 2.05) is 54.9 Å². The number of benzene rings is 2. The van der Waals surface area contributed by atoms with Crippen molar-refractivity contribution in [2.45, 2.75) is 13.8 Å². The third kappa shape index (κ3) is 2.84. The van der Waals surface area contributed by atoms with Gasteiger partial charge >= 0.3 is 0 Å². The molecule has 132 valence electrons. The molecule has 0 aliphatic rings. The van der Waals surface area contributed by atoms with Crippen LogP contribution >= 0.6 is 0 Å². The van der Waals surface area contributed by atoms with Gasteiger partial charge in [0.05, 0.1) is 19.2 Å². The Morgan fingerprint density at radius 2 is 1.78 bits per heavy atom. The van der Waals surface area contributed by atoms with Crippen LogP contribution in [0.2, 0.25) is 0 Å². The SMILES string of the molecule is [C-]#[N+]c1ccc2c(c1)c(-c1cncc(C)c1C)cn2-c1ccc(OC)cc1. The maximum atomic E-state index is 7.38. The minimum Gasteiger partial charge on any atom is -0.497 e. The van der Waals surface area contributed by atoms with Gasteiger partial charge < -0.3 is 9.30 Å². The second-order valence-electron chi connectivity index (χ2n) is 6.55. The summed E-state index contributed by atoms with van der Waals surface area (Å²) in [5, 5.41) is 1.05. The summed E-state index contributed by atoms with van der Waals surface area (Å²) in [6, 6.07) is 13.8. The standard InChI is InChI=1S/C23H19N3O/c1-15-12-25-13-21(16(15)2)22-14-26(18-6-8-19(27-4)9-7-18)23-10-5-17(24-3)11-20(22)23/h5-14H,1-2,4H3.